The van der Waals surface area contributed by atoms with Crippen molar-refractivity contribution in [3.63, 3.8) is 0 Å². The van der Waals surface area contributed by atoms with Crippen molar-refractivity contribution in [2.75, 3.05) is 26.7 Å². The fourth-order valence-corrected chi connectivity index (χ4v) is 1.53. The summed E-state index contributed by atoms with van der Waals surface area (Å²) in [7, 11) is 2.14. The Bertz CT molecular complexity index is 110. The van der Waals surface area contributed by atoms with E-state index >= 15 is 0 Å². The van der Waals surface area contributed by atoms with Crippen molar-refractivity contribution >= 4 is 0 Å². The minimum absolute atomic E-state index is 0.539. The van der Waals surface area contributed by atoms with Crippen molar-refractivity contribution in [2.24, 2.45) is 0 Å². The summed E-state index contributed by atoms with van der Waals surface area (Å²) in [4.78, 5) is 2.29. The second-order valence-electron chi connectivity index (χ2n) is 3.77. The zero-order valence-electron chi connectivity index (χ0n) is 8.38. The first-order valence-corrected chi connectivity index (χ1v) is 5.13. The van der Waals surface area contributed by atoms with Gasteiger partial charge in [0.1, 0.15) is 0 Å². The van der Waals surface area contributed by atoms with Crippen LogP contribution >= 0.6 is 0 Å². The van der Waals surface area contributed by atoms with Crippen LogP contribution in [0.4, 0.5) is 0 Å². The van der Waals surface area contributed by atoms with E-state index in [1.165, 1.54) is 25.7 Å². The predicted molar refractivity (Wildman–Crippen MR) is 51.4 cm³/mol. The van der Waals surface area contributed by atoms with Crippen LogP contribution in [0.15, 0.2) is 0 Å². The van der Waals surface area contributed by atoms with E-state index in [0.717, 1.165) is 19.7 Å². The van der Waals surface area contributed by atoms with Crippen LogP contribution in [0.1, 0.15) is 32.6 Å². The van der Waals surface area contributed by atoms with E-state index in [2.05, 4.69) is 18.9 Å². The number of likely N-dealkylation sites (tertiary alicyclic amines) is 1. The quantitative estimate of drug-likeness (QED) is 0.566. The molecule has 0 N–H and O–H groups in total. The summed E-state index contributed by atoms with van der Waals surface area (Å²) >= 11 is 0. The van der Waals surface area contributed by atoms with Gasteiger partial charge < -0.3 is 9.64 Å². The Morgan fingerprint density at radius 1 is 1.25 bits per heavy atom. The third-order valence-corrected chi connectivity index (χ3v) is 2.38. The highest BCUT2D eigenvalue weighted by molar-refractivity contribution is 4.76. The molecule has 1 aliphatic rings. The van der Waals surface area contributed by atoms with Gasteiger partial charge in [0.25, 0.3) is 0 Å². The Kier molecular flexibility index (Phi) is 4.62. The van der Waals surface area contributed by atoms with Crippen LogP contribution < -0.4 is 0 Å². The van der Waals surface area contributed by atoms with E-state index in [-0.39, 0.29) is 0 Å². The van der Waals surface area contributed by atoms with E-state index < -0.39 is 0 Å². The Morgan fingerprint density at radius 3 is 2.58 bits per heavy atom. The van der Waals surface area contributed by atoms with E-state index in [9.17, 15) is 0 Å². The molecule has 1 saturated heterocycles. The lowest BCUT2D eigenvalue weighted by atomic mass is 10.2. The largest absolute Gasteiger partial charge is 0.376 e. The van der Waals surface area contributed by atoms with Crippen molar-refractivity contribution in [1.29, 1.82) is 0 Å². The molecule has 0 atom stereocenters. The lowest BCUT2D eigenvalue weighted by Crippen LogP contribution is -2.49. The molecule has 0 radical (unpaired) electrons. The second kappa shape index (κ2) is 5.55. The number of hydrogen-bond acceptors (Lipinski definition) is 2. The van der Waals surface area contributed by atoms with Crippen LogP contribution in [-0.2, 0) is 4.74 Å². The number of ether oxygens (including phenoxy) is 1. The first kappa shape index (κ1) is 10.0. The summed E-state index contributed by atoms with van der Waals surface area (Å²) in [5.74, 6) is 0. The van der Waals surface area contributed by atoms with Crippen LogP contribution in [0, 0.1) is 0 Å². The lowest BCUT2D eigenvalue weighted by Gasteiger charge is -2.35. The molecule has 0 saturated carbocycles. The Hall–Kier alpha value is -0.0800. The van der Waals surface area contributed by atoms with E-state index in [0.29, 0.717) is 6.10 Å². The topological polar surface area (TPSA) is 12.5 Å². The van der Waals surface area contributed by atoms with Crippen LogP contribution in [0.25, 0.3) is 0 Å². The van der Waals surface area contributed by atoms with Gasteiger partial charge in [-0.05, 0) is 13.5 Å². The molecule has 2 heteroatoms. The fraction of sp³-hybridized carbons (Fsp3) is 1.00. The summed E-state index contributed by atoms with van der Waals surface area (Å²) in [6.45, 7) is 5.47. The highest BCUT2D eigenvalue weighted by atomic mass is 16.5. The molecule has 12 heavy (non-hydrogen) atoms. The second-order valence-corrected chi connectivity index (χ2v) is 3.77. The summed E-state index contributed by atoms with van der Waals surface area (Å²) in [5.41, 5.74) is 0. The molecule has 0 spiro atoms. The fourth-order valence-electron chi connectivity index (χ4n) is 1.53. The molecule has 72 valence electrons. The number of likely N-dealkylation sites (N-methyl/N-ethyl adjacent to an activating group) is 1. The van der Waals surface area contributed by atoms with Crippen molar-refractivity contribution in [1.82, 2.24) is 4.90 Å². The smallest absolute Gasteiger partial charge is 0.0828 e. The first-order chi connectivity index (χ1) is 5.83. The van der Waals surface area contributed by atoms with Crippen molar-refractivity contribution in [3.05, 3.63) is 0 Å². The maximum Gasteiger partial charge on any atom is 0.0828 e. The van der Waals surface area contributed by atoms with Gasteiger partial charge in [-0.3, -0.25) is 0 Å². The number of nitrogens with zero attached hydrogens (tertiary/aromatic N) is 1. The van der Waals surface area contributed by atoms with Gasteiger partial charge in [0, 0.05) is 19.7 Å². The monoisotopic (exact) mass is 171 g/mol. The molecule has 1 rings (SSSR count). The van der Waals surface area contributed by atoms with Crippen molar-refractivity contribution < 1.29 is 4.74 Å². The minimum Gasteiger partial charge on any atom is -0.376 e. The van der Waals surface area contributed by atoms with E-state index in [1.807, 2.05) is 0 Å². The number of unbranched alkanes of at least 4 members (excludes halogenated alkanes) is 3. The van der Waals surface area contributed by atoms with Crippen LogP contribution in [0.2, 0.25) is 0 Å². The summed E-state index contributed by atoms with van der Waals surface area (Å²) in [5, 5.41) is 0. The SMILES string of the molecule is CCCCCCOC1CN(C)C1. The van der Waals surface area contributed by atoms with Gasteiger partial charge in [0.2, 0.25) is 0 Å². The molecular formula is C10H21NO. The van der Waals surface area contributed by atoms with Gasteiger partial charge in [-0.2, -0.15) is 0 Å². The van der Waals surface area contributed by atoms with Crippen LogP contribution in [-0.4, -0.2) is 37.7 Å². The predicted octanol–water partition coefficient (Wildman–Crippen LogP) is 1.90. The van der Waals surface area contributed by atoms with E-state index in [4.69, 9.17) is 4.74 Å². The third-order valence-electron chi connectivity index (χ3n) is 2.38. The molecule has 1 heterocycles. The van der Waals surface area contributed by atoms with Crippen LogP contribution in [0.5, 0.6) is 0 Å². The van der Waals surface area contributed by atoms with Crippen molar-refractivity contribution in [3.8, 4) is 0 Å². The maximum absolute atomic E-state index is 5.65. The van der Waals surface area contributed by atoms with Gasteiger partial charge in [0.15, 0.2) is 0 Å². The zero-order valence-corrected chi connectivity index (χ0v) is 8.38. The van der Waals surface area contributed by atoms with Gasteiger partial charge in [0.05, 0.1) is 6.10 Å². The van der Waals surface area contributed by atoms with Crippen molar-refractivity contribution in [2.45, 2.75) is 38.7 Å². The van der Waals surface area contributed by atoms with Gasteiger partial charge >= 0.3 is 0 Å². The average molecular weight is 171 g/mol. The molecule has 1 fully saturated rings. The average Bonchev–Trinajstić information content (AvgIpc) is 2.00. The van der Waals surface area contributed by atoms with Gasteiger partial charge in [-0.15, -0.1) is 0 Å². The first-order valence-electron chi connectivity index (χ1n) is 5.13. The molecule has 0 unspecified atom stereocenters. The molecule has 0 aromatic carbocycles. The molecule has 0 aromatic rings. The molecule has 2 nitrogen and oxygen atoms in total. The number of rotatable bonds is 6. The Labute approximate surface area is 75.9 Å². The molecule has 0 aliphatic carbocycles. The van der Waals surface area contributed by atoms with Gasteiger partial charge in [-0.25, -0.2) is 0 Å². The molecular weight excluding hydrogens is 150 g/mol. The molecule has 0 amide bonds. The Balaban J connectivity index is 1.77. The minimum atomic E-state index is 0.539. The Morgan fingerprint density at radius 2 is 2.00 bits per heavy atom. The number of hydrogen-bond donors (Lipinski definition) is 0. The summed E-state index contributed by atoms with van der Waals surface area (Å²) in [6, 6.07) is 0. The summed E-state index contributed by atoms with van der Waals surface area (Å²) in [6.07, 6.45) is 5.78. The highest BCUT2D eigenvalue weighted by Gasteiger charge is 2.22. The molecule has 1 aliphatic heterocycles. The molecule has 0 aromatic heterocycles. The maximum atomic E-state index is 5.65. The van der Waals surface area contributed by atoms with E-state index in [1.54, 1.807) is 0 Å². The normalized spacial score (nSPS) is 19.5. The van der Waals surface area contributed by atoms with Gasteiger partial charge in [-0.1, -0.05) is 26.2 Å². The standard InChI is InChI=1S/C10H21NO/c1-3-4-5-6-7-12-10-8-11(2)9-10/h10H,3-9H2,1-2H3. The zero-order chi connectivity index (χ0) is 8.81. The van der Waals surface area contributed by atoms with Crippen LogP contribution in [0.3, 0.4) is 0 Å². The third kappa shape index (κ3) is 3.55. The highest BCUT2D eigenvalue weighted by Crippen LogP contribution is 2.09. The summed E-state index contributed by atoms with van der Waals surface area (Å²) < 4.78 is 5.65. The lowest BCUT2D eigenvalue weighted by molar-refractivity contribution is -0.0441. The molecule has 0 bridgehead atoms.